The predicted molar refractivity (Wildman–Crippen MR) is 30.4 cm³/mol. The number of hydrogen-bond donors (Lipinski definition) is 2. The summed E-state index contributed by atoms with van der Waals surface area (Å²) in [5, 5.41) is 8.23. The van der Waals surface area contributed by atoms with E-state index in [-0.39, 0.29) is 33.6 Å². The molecule has 0 aliphatic rings. The first-order chi connectivity index (χ1) is 3.55. The maximum atomic E-state index is 10.0. The first-order valence-electron chi connectivity index (χ1n) is 2.54. The van der Waals surface area contributed by atoms with Crippen molar-refractivity contribution in [3.05, 3.63) is 0 Å². The zero-order chi connectivity index (χ0) is 6.73. The van der Waals surface area contributed by atoms with Gasteiger partial charge in [0.2, 0.25) is 0 Å². The number of nitrogens with two attached hydrogens (primary N) is 1. The number of carboxylic acids is 1. The number of rotatable bonds is 2. The van der Waals surface area contributed by atoms with E-state index in [1.54, 1.807) is 13.8 Å². The summed E-state index contributed by atoms with van der Waals surface area (Å²) in [6.45, 7) is 3.55. The first-order valence-corrected chi connectivity index (χ1v) is 2.54. The van der Waals surface area contributed by atoms with Crippen LogP contribution in [0.25, 0.3) is 0 Å². The van der Waals surface area contributed by atoms with Crippen molar-refractivity contribution in [2.45, 2.75) is 19.9 Å². The molecule has 3 nitrogen and oxygen atoms in total. The van der Waals surface area contributed by atoms with Gasteiger partial charge in [0.25, 0.3) is 0 Å². The molecule has 0 aliphatic heterocycles. The van der Waals surface area contributed by atoms with Gasteiger partial charge >= 0.3 is 5.97 Å². The van der Waals surface area contributed by atoms with Crippen molar-refractivity contribution < 1.29 is 37.6 Å². The van der Waals surface area contributed by atoms with Gasteiger partial charge < -0.3 is 10.8 Å². The monoisotopic (exact) mass is 319 g/mol. The van der Waals surface area contributed by atoms with Crippen molar-refractivity contribution in [2.24, 2.45) is 11.7 Å². The van der Waals surface area contributed by atoms with Crippen LogP contribution in [-0.4, -0.2) is 17.1 Å². The van der Waals surface area contributed by atoms with Gasteiger partial charge in [-0.1, -0.05) is 13.8 Å². The van der Waals surface area contributed by atoms with E-state index in [9.17, 15) is 4.79 Å². The van der Waals surface area contributed by atoms with Crippen molar-refractivity contribution >= 4 is 5.97 Å². The summed E-state index contributed by atoms with van der Waals surface area (Å²) in [4.78, 5) is 10.0. The Bertz CT molecular complexity index is 95.0. The van der Waals surface area contributed by atoms with Gasteiger partial charge in [0.1, 0.15) is 6.04 Å². The molecule has 50 valence electrons. The molecule has 9 heavy (non-hydrogen) atoms. The molecular weight excluding hydrogens is 307 g/mol. The van der Waals surface area contributed by atoms with E-state index < -0.39 is 12.0 Å². The molecule has 0 aromatic heterocycles. The SMILES string of the molecule is CC(C)[C@H](N)C(=O)O.[Hg]. The standard InChI is InChI=1S/C5H11NO2.Hg/c1-3(2)4(6)5(7)8;/h3-4H,6H2,1-2H3,(H,7,8);/t4-;/m0./s1. The first kappa shape index (κ1) is 12.1. The summed E-state index contributed by atoms with van der Waals surface area (Å²) in [5.41, 5.74) is 5.16. The summed E-state index contributed by atoms with van der Waals surface area (Å²) in [6.07, 6.45) is 0. The molecule has 0 fully saturated rings. The van der Waals surface area contributed by atoms with Crippen LogP contribution in [0.4, 0.5) is 0 Å². The molecular formula is C5H11HgNO2. The average molecular weight is 318 g/mol. The van der Waals surface area contributed by atoms with Gasteiger partial charge in [0.05, 0.1) is 0 Å². The predicted octanol–water partition coefficient (Wildman–Crippen LogP) is 0.0518. The van der Waals surface area contributed by atoms with Crippen molar-refractivity contribution in [3.63, 3.8) is 0 Å². The van der Waals surface area contributed by atoms with Gasteiger partial charge in [0, 0.05) is 27.7 Å². The van der Waals surface area contributed by atoms with Crippen LogP contribution in [0, 0.1) is 5.92 Å². The Morgan fingerprint density at radius 1 is 1.56 bits per heavy atom. The Labute approximate surface area is 75.1 Å². The third-order valence-corrected chi connectivity index (χ3v) is 1.00. The van der Waals surface area contributed by atoms with Crippen LogP contribution >= 0.6 is 0 Å². The van der Waals surface area contributed by atoms with Gasteiger partial charge in [-0.05, 0) is 5.92 Å². The molecule has 0 aromatic carbocycles. The second-order valence-electron chi connectivity index (χ2n) is 2.11. The van der Waals surface area contributed by atoms with Crippen molar-refractivity contribution in [1.82, 2.24) is 0 Å². The van der Waals surface area contributed by atoms with Crippen molar-refractivity contribution in [1.29, 1.82) is 0 Å². The van der Waals surface area contributed by atoms with Crippen LogP contribution in [0.3, 0.4) is 0 Å². The maximum Gasteiger partial charge on any atom is 0.320 e. The minimum Gasteiger partial charge on any atom is -0.480 e. The fourth-order valence-corrected chi connectivity index (χ4v) is 0.285. The molecule has 0 radical (unpaired) electrons. The zero-order valence-electron chi connectivity index (χ0n) is 5.79. The number of carboxylic acid groups (broad SMARTS) is 1. The number of carbonyl (C=O) groups is 1. The Morgan fingerprint density at radius 3 is 1.89 bits per heavy atom. The molecule has 4 heteroatoms. The van der Waals surface area contributed by atoms with E-state index in [2.05, 4.69) is 0 Å². The Balaban J connectivity index is 0. The molecule has 0 aliphatic carbocycles. The van der Waals surface area contributed by atoms with E-state index in [0.29, 0.717) is 0 Å². The largest absolute Gasteiger partial charge is 0.480 e. The molecule has 0 rings (SSSR count). The molecule has 0 saturated carbocycles. The van der Waals surface area contributed by atoms with E-state index in [0.717, 1.165) is 0 Å². The quantitative estimate of drug-likeness (QED) is 0.708. The smallest absolute Gasteiger partial charge is 0.320 e. The molecule has 0 heterocycles. The zero-order valence-corrected chi connectivity index (χ0v) is 11.3. The second kappa shape index (κ2) is 5.17. The maximum absolute atomic E-state index is 10.0. The topological polar surface area (TPSA) is 63.3 Å². The Kier molecular flexibility index (Phi) is 6.94. The molecule has 0 unspecified atom stereocenters. The van der Waals surface area contributed by atoms with Gasteiger partial charge in [-0.3, -0.25) is 4.79 Å². The molecule has 1 atom stereocenters. The molecule has 0 saturated heterocycles. The molecule has 0 aromatic rings. The van der Waals surface area contributed by atoms with Crippen LogP contribution in [0.1, 0.15) is 13.8 Å². The van der Waals surface area contributed by atoms with Crippen molar-refractivity contribution in [3.8, 4) is 0 Å². The van der Waals surface area contributed by atoms with Crippen LogP contribution in [-0.2, 0) is 32.5 Å². The van der Waals surface area contributed by atoms with Gasteiger partial charge in [-0.25, -0.2) is 0 Å². The van der Waals surface area contributed by atoms with Gasteiger partial charge in [-0.15, -0.1) is 0 Å². The fraction of sp³-hybridized carbons (Fsp3) is 0.800. The van der Waals surface area contributed by atoms with E-state index in [4.69, 9.17) is 10.8 Å². The van der Waals surface area contributed by atoms with Gasteiger partial charge in [0.15, 0.2) is 0 Å². The van der Waals surface area contributed by atoms with Crippen LogP contribution < -0.4 is 5.73 Å². The molecule has 0 amide bonds. The number of aliphatic carboxylic acids is 1. The third-order valence-electron chi connectivity index (χ3n) is 1.00. The molecule has 0 bridgehead atoms. The summed E-state index contributed by atoms with van der Waals surface area (Å²) >= 11 is 0. The normalized spacial score (nSPS) is 12.4. The second-order valence-corrected chi connectivity index (χ2v) is 2.11. The number of hydrogen-bond acceptors (Lipinski definition) is 2. The van der Waals surface area contributed by atoms with Crippen molar-refractivity contribution in [2.75, 3.05) is 0 Å². The molecule has 0 spiro atoms. The average Bonchev–Trinajstić information content (AvgIpc) is 1.64. The third kappa shape index (κ3) is 4.84. The van der Waals surface area contributed by atoms with Crippen LogP contribution in [0.5, 0.6) is 0 Å². The van der Waals surface area contributed by atoms with E-state index in [1.165, 1.54) is 0 Å². The Hall–Kier alpha value is 0.365. The summed E-state index contributed by atoms with van der Waals surface area (Å²) in [5.74, 6) is -0.910. The summed E-state index contributed by atoms with van der Waals surface area (Å²) < 4.78 is 0. The minimum absolute atomic E-state index is 0. The van der Waals surface area contributed by atoms with E-state index in [1.807, 2.05) is 0 Å². The van der Waals surface area contributed by atoms with E-state index >= 15 is 0 Å². The van der Waals surface area contributed by atoms with Crippen LogP contribution in [0.2, 0.25) is 0 Å². The van der Waals surface area contributed by atoms with Gasteiger partial charge in [-0.2, -0.15) is 0 Å². The minimum atomic E-state index is -0.931. The summed E-state index contributed by atoms with van der Waals surface area (Å²) in [7, 11) is 0. The Morgan fingerprint density at radius 2 is 1.89 bits per heavy atom. The summed E-state index contributed by atoms with van der Waals surface area (Å²) in [6, 6.07) is -0.713. The molecule has 3 N–H and O–H groups in total. The fourth-order valence-electron chi connectivity index (χ4n) is 0.285. The van der Waals surface area contributed by atoms with Crippen LogP contribution in [0.15, 0.2) is 0 Å².